The molecule has 0 spiro atoms. The lowest BCUT2D eigenvalue weighted by atomic mass is 10.1. The quantitative estimate of drug-likeness (QED) is 0.483. The molecule has 1 aliphatic heterocycles. The first-order valence-corrected chi connectivity index (χ1v) is 8.61. The van der Waals surface area contributed by atoms with E-state index in [9.17, 15) is 28.4 Å². The van der Waals surface area contributed by atoms with Crippen LogP contribution in [0.1, 0.15) is 15.9 Å². The van der Waals surface area contributed by atoms with Crippen molar-refractivity contribution in [3.05, 3.63) is 63.7 Å². The van der Waals surface area contributed by atoms with Crippen molar-refractivity contribution in [1.82, 2.24) is 0 Å². The molecule has 0 bridgehead atoms. The number of fused-ring (bicyclic) bond motifs is 1. The monoisotopic (exact) mass is 361 g/mol. The van der Waals surface area contributed by atoms with Crippen LogP contribution in [-0.2, 0) is 15.6 Å². The van der Waals surface area contributed by atoms with Gasteiger partial charge in [-0.05, 0) is 11.6 Å². The summed E-state index contributed by atoms with van der Waals surface area (Å²) < 4.78 is 24.5. The highest BCUT2D eigenvalue weighted by atomic mass is 32.2. The Hall–Kier alpha value is -3.27. The Labute approximate surface area is 141 Å². The number of hydrogen-bond donors (Lipinski definition) is 2. The zero-order valence-corrected chi connectivity index (χ0v) is 13.4. The summed E-state index contributed by atoms with van der Waals surface area (Å²) in [7, 11) is -3.94. The number of nitrogens with one attached hydrogen (secondary N) is 1. The average molecular weight is 361 g/mol. The molecule has 0 saturated heterocycles. The summed E-state index contributed by atoms with van der Waals surface area (Å²) in [5, 5.41) is 23.3. The van der Waals surface area contributed by atoms with Gasteiger partial charge in [-0.25, -0.2) is 8.42 Å². The highest BCUT2D eigenvalue weighted by molar-refractivity contribution is 8.07. The first-order chi connectivity index (χ1) is 11.8. The number of rotatable bonds is 3. The van der Waals surface area contributed by atoms with Crippen LogP contribution < -0.4 is 5.43 Å². The van der Waals surface area contributed by atoms with Crippen LogP contribution in [0.2, 0.25) is 0 Å². The van der Waals surface area contributed by atoms with Crippen LogP contribution in [0.25, 0.3) is 0 Å². The van der Waals surface area contributed by atoms with Crippen molar-refractivity contribution in [1.29, 1.82) is 0 Å². The maximum atomic E-state index is 12.4. The minimum absolute atomic E-state index is 0.0695. The molecule has 0 radical (unpaired) electrons. The molecule has 0 saturated carbocycles. The fourth-order valence-electron chi connectivity index (χ4n) is 2.36. The van der Waals surface area contributed by atoms with E-state index in [1.54, 1.807) is 18.2 Å². The van der Waals surface area contributed by atoms with Crippen molar-refractivity contribution in [2.24, 2.45) is 5.10 Å². The van der Waals surface area contributed by atoms with Crippen molar-refractivity contribution in [3.8, 4) is 5.75 Å². The molecule has 25 heavy (non-hydrogen) atoms. The summed E-state index contributed by atoms with van der Waals surface area (Å²) in [5.74, 6) is -1.61. The SMILES string of the molecule is O=C1C(=NNc2ccc([N+](=O)[O-])cc2O)S(=O)(=O)Cc2ccccc21. The lowest BCUT2D eigenvalue weighted by molar-refractivity contribution is -0.384. The van der Waals surface area contributed by atoms with Gasteiger partial charge < -0.3 is 5.11 Å². The highest BCUT2D eigenvalue weighted by Crippen LogP contribution is 2.28. The van der Waals surface area contributed by atoms with E-state index >= 15 is 0 Å². The number of anilines is 1. The number of non-ortho nitro benzene ring substituents is 1. The third-order valence-electron chi connectivity index (χ3n) is 3.57. The Balaban J connectivity index is 1.96. The number of carbonyl (C=O) groups is 1. The Morgan fingerprint density at radius 3 is 2.60 bits per heavy atom. The molecule has 2 N–H and O–H groups in total. The highest BCUT2D eigenvalue weighted by Gasteiger charge is 2.35. The predicted molar refractivity (Wildman–Crippen MR) is 89.2 cm³/mol. The van der Waals surface area contributed by atoms with Crippen LogP contribution in [0.3, 0.4) is 0 Å². The second-order valence-electron chi connectivity index (χ2n) is 5.23. The second-order valence-corrected chi connectivity index (χ2v) is 7.14. The molecular formula is C15H11N3O6S. The van der Waals surface area contributed by atoms with Gasteiger partial charge in [0.25, 0.3) is 5.69 Å². The molecule has 2 aromatic rings. The van der Waals surface area contributed by atoms with Gasteiger partial charge in [0.05, 0.1) is 22.4 Å². The number of sulfone groups is 1. The lowest BCUT2D eigenvalue weighted by Crippen LogP contribution is -2.32. The number of hydrazone groups is 1. The summed E-state index contributed by atoms with van der Waals surface area (Å²) >= 11 is 0. The lowest BCUT2D eigenvalue weighted by Gasteiger charge is -2.16. The van der Waals surface area contributed by atoms with Gasteiger partial charge in [-0.2, -0.15) is 5.10 Å². The Kier molecular flexibility index (Phi) is 3.97. The summed E-state index contributed by atoms with van der Waals surface area (Å²) in [6.07, 6.45) is 0. The summed E-state index contributed by atoms with van der Waals surface area (Å²) in [6.45, 7) is 0. The first-order valence-electron chi connectivity index (χ1n) is 6.96. The van der Waals surface area contributed by atoms with E-state index in [1.165, 1.54) is 6.07 Å². The Morgan fingerprint density at radius 1 is 1.20 bits per heavy atom. The van der Waals surface area contributed by atoms with Crippen LogP contribution in [0, 0.1) is 10.1 Å². The van der Waals surface area contributed by atoms with E-state index < -0.39 is 31.3 Å². The average Bonchev–Trinajstić information content (AvgIpc) is 2.55. The fraction of sp³-hybridized carbons (Fsp3) is 0.0667. The van der Waals surface area contributed by atoms with E-state index in [0.717, 1.165) is 18.2 Å². The van der Waals surface area contributed by atoms with Gasteiger partial charge >= 0.3 is 0 Å². The number of nitrogens with zero attached hydrogens (tertiary/aromatic N) is 2. The molecule has 0 aromatic heterocycles. The normalized spacial score (nSPS) is 17.1. The first kappa shape index (κ1) is 16.6. The molecule has 1 heterocycles. The maximum Gasteiger partial charge on any atom is 0.273 e. The summed E-state index contributed by atoms with van der Waals surface area (Å²) in [4.78, 5) is 22.3. The number of nitro benzene ring substituents is 1. The molecule has 0 fully saturated rings. The molecule has 2 aromatic carbocycles. The van der Waals surface area contributed by atoms with Crippen LogP contribution >= 0.6 is 0 Å². The molecule has 0 aliphatic carbocycles. The Morgan fingerprint density at radius 2 is 1.92 bits per heavy atom. The van der Waals surface area contributed by atoms with Gasteiger partial charge in [0.1, 0.15) is 5.75 Å². The molecule has 3 rings (SSSR count). The zero-order valence-electron chi connectivity index (χ0n) is 12.5. The number of phenolic OH excluding ortho intramolecular Hbond substituents is 1. The van der Waals surface area contributed by atoms with E-state index in [-0.39, 0.29) is 22.7 Å². The van der Waals surface area contributed by atoms with E-state index in [1.807, 2.05) is 0 Å². The molecule has 0 unspecified atom stereocenters. The molecule has 9 nitrogen and oxygen atoms in total. The molecule has 1 aliphatic rings. The molecule has 128 valence electrons. The molecule has 10 heteroatoms. The van der Waals surface area contributed by atoms with Gasteiger partial charge in [-0.15, -0.1) is 0 Å². The van der Waals surface area contributed by atoms with Crippen LogP contribution in [-0.4, -0.2) is 29.3 Å². The molecule has 0 atom stereocenters. The van der Waals surface area contributed by atoms with Gasteiger partial charge in [-0.3, -0.25) is 20.3 Å². The molecular weight excluding hydrogens is 350 g/mol. The number of hydrogen-bond acceptors (Lipinski definition) is 8. The van der Waals surface area contributed by atoms with Crippen LogP contribution in [0.15, 0.2) is 47.6 Å². The van der Waals surface area contributed by atoms with E-state index in [4.69, 9.17) is 0 Å². The molecule has 0 amide bonds. The third kappa shape index (κ3) is 3.06. The fourth-order valence-corrected chi connectivity index (χ4v) is 3.73. The number of phenols is 1. The number of carbonyl (C=O) groups excluding carboxylic acids is 1. The number of aromatic hydroxyl groups is 1. The summed E-state index contributed by atoms with van der Waals surface area (Å²) in [5.41, 5.74) is 2.50. The van der Waals surface area contributed by atoms with Gasteiger partial charge in [-0.1, -0.05) is 24.3 Å². The largest absolute Gasteiger partial charge is 0.505 e. The van der Waals surface area contributed by atoms with Crippen molar-refractivity contribution >= 4 is 32.0 Å². The number of Topliss-reactive ketones (excluding diaryl/α,β-unsaturated/α-hetero) is 1. The minimum Gasteiger partial charge on any atom is -0.505 e. The van der Waals surface area contributed by atoms with Crippen molar-refractivity contribution < 1.29 is 23.2 Å². The van der Waals surface area contributed by atoms with E-state index in [2.05, 4.69) is 10.5 Å². The Bertz CT molecular complexity index is 1030. The van der Waals surface area contributed by atoms with E-state index in [0.29, 0.717) is 5.56 Å². The standard InChI is InChI=1S/C15H11N3O6S/c19-13-7-10(18(21)22)5-6-12(13)16-17-15-14(20)11-4-2-1-3-9(11)8-25(15,23)24/h1-7,16,19H,8H2. The van der Waals surface area contributed by atoms with Gasteiger partial charge in [0.15, 0.2) is 0 Å². The maximum absolute atomic E-state index is 12.4. The summed E-state index contributed by atoms with van der Waals surface area (Å²) in [6, 6.07) is 9.45. The van der Waals surface area contributed by atoms with Crippen molar-refractivity contribution in [2.75, 3.05) is 5.43 Å². The van der Waals surface area contributed by atoms with Crippen LogP contribution in [0.4, 0.5) is 11.4 Å². The predicted octanol–water partition coefficient (Wildman–Crippen LogP) is 1.84. The zero-order chi connectivity index (χ0) is 18.2. The van der Waals surface area contributed by atoms with Gasteiger partial charge in [0, 0.05) is 11.6 Å². The number of nitro groups is 1. The number of ketones is 1. The van der Waals surface area contributed by atoms with Crippen LogP contribution in [0.5, 0.6) is 5.75 Å². The topological polar surface area (TPSA) is 139 Å². The smallest absolute Gasteiger partial charge is 0.273 e. The van der Waals surface area contributed by atoms with Gasteiger partial charge in [0.2, 0.25) is 20.7 Å². The minimum atomic E-state index is -3.94. The third-order valence-corrected chi connectivity index (χ3v) is 5.12. The van der Waals surface area contributed by atoms with Crippen molar-refractivity contribution in [2.45, 2.75) is 5.75 Å². The second kappa shape index (κ2) is 5.98. The van der Waals surface area contributed by atoms with Crippen molar-refractivity contribution in [3.63, 3.8) is 0 Å². The number of benzene rings is 2.